The van der Waals surface area contributed by atoms with E-state index in [1.807, 2.05) is 26.1 Å². The van der Waals surface area contributed by atoms with Crippen LogP contribution in [-0.4, -0.2) is 37.2 Å². The Morgan fingerprint density at radius 3 is 2.90 bits per heavy atom. The third-order valence-corrected chi connectivity index (χ3v) is 6.48. The summed E-state index contributed by atoms with van der Waals surface area (Å²) >= 11 is 2.82. The lowest BCUT2D eigenvalue weighted by Crippen LogP contribution is -2.39. The second-order valence-corrected chi connectivity index (χ2v) is 9.28. The van der Waals surface area contributed by atoms with E-state index in [4.69, 9.17) is 0 Å². The van der Waals surface area contributed by atoms with Gasteiger partial charge in [0.25, 0.3) is 0 Å². The van der Waals surface area contributed by atoms with Crippen molar-refractivity contribution in [2.24, 2.45) is 0 Å². The average Bonchev–Trinajstić information content (AvgIpc) is 3.14. The molecule has 0 amide bonds. The number of thiazole rings is 1. The normalized spacial score (nSPS) is 16.2. The maximum Gasteiger partial charge on any atom is 0.193 e. The number of rotatable bonds is 11. The predicted molar refractivity (Wildman–Crippen MR) is 124 cm³/mol. The van der Waals surface area contributed by atoms with E-state index in [0.29, 0.717) is 10.9 Å². The molecule has 1 aromatic carbocycles. The summed E-state index contributed by atoms with van der Waals surface area (Å²) in [7, 11) is 0. The Hall–Kier alpha value is -1.61. The Balaban J connectivity index is 1.35. The molecule has 1 atom stereocenters. The number of aryl methyl sites for hydroxylation is 2. The number of hydrogen-bond donors (Lipinski definition) is 4. The second kappa shape index (κ2) is 11.5. The SMILES string of the molecule is Cc1cnc(NSc2cc(C)c(NCCCCNC[C@@H]3C=CCCN3)cc2F)s1. The van der Waals surface area contributed by atoms with Gasteiger partial charge in [0.2, 0.25) is 0 Å². The lowest BCUT2D eigenvalue weighted by molar-refractivity contribution is 0.518. The smallest absolute Gasteiger partial charge is 0.193 e. The summed E-state index contributed by atoms with van der Waals surface area (Å²) in [6, 6.07) is 3.92. The van der Waals surface area contributed by atoms with Crippen molar-refractivity contribution in [3.63, 3.8) is 0 Å². The Bertz CT molecular complexity index is 808. The monoisotopic (exact) mass is 435 g/mol. The fourth-order valence-corrected chi connectivity index (χ4v) is 4.55. The first-order valence-electron chi connectivity index (χ1n) is 10.1. The van der Waals surface area contributed by atoms with Crippen molar-refractivity contribution >= 4 is 34.1 Å². The molecule has 1 aliphatic heterocycles. The van der Waals surface area contributed by atoms with Crippen molar-refractivity contribution in [1.82, 2.24) is 15.6 Å². The molecule has 0 bridgehead atoms. The molecule has 2 heterocycles. The van der Waals surface area contributed by atoms with Crippen LogP contribution < -0.4 is 20.7 Å². The molecule has 1 aliphatic rings. The van der Waals surface area contributed by atoms with Crippen LogP contribution >= 0.6 is 23.3 Å². The highest BCUT2D eigenvalue weighted by Gasteiger charge is 2.09. The molecule has 0 fully saturated rings. The summed E-state index contributed by atoms with van der Waals surface area (Å²) in [5.74, 6) is -0.224. The Kier molecular flexibility index (Phi) is 8.79. The fourth-order valence-electron chi connectivity index (χ4n) is 3.10. The van der Waals surface area contributed by atoms with E-state index in [0.717, 1.165) is 66.7 Å². The van der Waals surface area contributed by atoms with Crippen molar-refractivity contribution in [2.75, 3.05) is 36.2 Å². The molecule has 0 aliphatic carbocycles. The molecule has 158 valence electrons. The summed E-state index contributed by atoms with van der Waals surface area (Å²) in [4.78, 5) is 5.94. The van der Waals surface area contributed by atoms with Gasteiger partial charge in [0.05, 0.1) is 4.90 Å². The first-order valence-corrected chi connectivity index (χ1v) is 11.7. The van der Waals surface area contributed by atoms with Gasteiger partial charge in [-0.15, -0.1) is 11.3 Å². The molecular weight excluding hydrogens is 405 g/mol. The highest BCUT2D eigenvalue weighted by molar-refractivity contribution is 8.00. The molecule has 8 heteroatoms. The number of hydrogen-bond acceptors (Lipinski definition) is 7. The van der Waals surface area contributed by atoms with Crippen molar-refractivity contribution in [3.8, 4) is 0 Å². The minimum atomic E-state index is -0.224. The Morgan fingerprint density at radius 1 is 1.28 bits per heavy atom. The lowest BCUT2D eigenvalue weighted by Gasteiger charge is -2.18. The third-order valence-electron chi connectivity index (χ3n) is 4.69. The summed E-state index contributed by atoms with van der Waals surface area (Å²) in [5, 5.41) is 11.1. The van der Waals surface area contributed by atoms with Crippen LogP contribution in [0.3, 0.4) is 0 Å². The third kappa shape index (κ3) is 7.29. The van der Waals surface area contributed by atoms with Crippen LogP contribution in [0, 0.1) is 19.7 Å². The van der Waals surface area contributed by atoms with Gasteiger partial charge in [-0.3, -0.25) is 0 Å². The van der Waals surface area contributed by atoms with E-state index in [1.54, 1.807) is 17.4 Å². The molecule has 0 spiro atoms. The van der Waals surface area contributed by atoms with Crippen LogP contribution in [0.5, 0.6) is 0 Å². The first-order chi connectivity index (χ1) is 14.1. The van der Waals surface area contributed by atoms with Crippen LogP contribution in [0.1, 0.15) is 29.7 Å². The van der Waals surface area contributed by atoms with E-state index >= 15 is 0 Å². The average molecular weight is 436 g/mol. The molecule has 3 rings (SSSR count). The quantitative estimate of drug-likeness (QED) is 0.233. The number of benzene rings is 1. The molecule has 0 saturated carbocycles. The number of unbranched alkanes of at least 4 members (excludes halogenated alkanes) is 1. The molecule has 2 aromatic rings. The number of nitrogens with zero attached hydrogens (tertiary/aromatic N) is 1. The molecule has 1 aromatic heterocycles. The first kappa shape index (κ1) is 22.1. The van der Waals surface area contributed by atoms with Gasteiger partial charge in [0.15, 0.2) is 5.13 Å². The van der Waals surface area contributed by atoms with E-state index in [1.165, 1.54) is 11.9 Å². The van der Waals surface area contributed by atoms with Gasteiger partial charge in [0, 0.05) is 35.9 Å². The van der Waals surface area contributed by atoms with Crippen LogP contribution in [0.4, 0.5) is 15.2 Å². The van der Waals surface area contributed by atoms with E-state index in [9.17, 15) is 4.39 Å². The van der Waals surface area contributed by atoms with Gasteiger partial charge in [-0.2, -0.15) is 0 Å². The zero-order valence-corrected chi connectivity index (χ0v) is 18.7. The van der Waals surface area contributed by atoms with Gasteiger partial charge in [-0.25, -0.2) is 9.37 Å². The van der Waals surface area contributed by atoms with Crippen LogP contribution in [0.15, 0.2) is 35.4 Å². The molecule has 0 saturated heterocycles. The standard InChI is InChI=1S/C21H30FN5S2/c1-15-11-20(29-27-21-26-13-16(2)28-21)18(22)12-19(15)25-10-6-5-8-23-14-17-7-3-4-9-24-17/h3,7,11-13,17,23-25H,4-6,8-10,14H2,1-2H3,(H,26,27)/t17-/m0/s1. The highest BCUT2D eigenvalue weighted by Crippen LogP contribution is 2.30. The van der Waals surface area contributed by atoms with Gasteiger partial charge in [-0.05, 0) is 75.8 Å². The maximum absolute atomic E-state index is 14.5. The topological polar surface area (TPSA) is 61.0 Å². The number of anilines is 2. The lowest BCUT2D eigenvalue weighted by atomic mass is 10.1. The zero-order chi connectivity index (χ0) is 20.5. The molecule has 5 nitrogen and oxygen atoms in total. The molecule has 4 N–H and O–H groups in total. The minimum absolute atomic E-state index is 0.224. The Labute approximate surface area is 181 Å². The molecular formula is C21H30FN5S2. The summed E-state index contributed by atoms with van der Waals surface area (Å²) in [6.45, 7) is 7.89. The minimum Gasteiger partial charge on any atom is -0.385 e. The van der Waals surface area contributed by atoms with Crippen LogP contribution in [-0.2, 0) is 0 Å². The summed E-state index contributed by atoms with van der Waals surface area (Å²) < 4.78 is 17.6. The molecule has 0 radical (unpaired) electrons. The van der Waals surface area contributed by atoms with Gasteiger partial charge in [-0.1, -0.05) is 12.2 Å². The summed E-state index contributed by atoms with van der Waals surface area (Å²) in [6.07, 6.45) is 9.56. The number of halogens is 1. The van der Waals surface area contributed by atoms with Crippen molar-refractivity contribution in [2.45, 2.75) is 44.0 Å². The highest BCUT2D eigenvalue weighted by atomic mass is 32.2. The van der Waals surface area contributed by atoms with Crippen molar-refractivity contribution < 1.29 is 4.39 Å². The van der Waals surface area contributed by atoms with E-state index in [2.05, 4.69) is 37.8 Å². The van der Waals surface area contributed by atoms with Gasteiger partial charge in [0.1, 0.15) is 5.82 Å². The van der Waals surface area contributed by atoms with Crippen LogP contribution in [0.2, 0.25) is 0 Å². The molecule has 29 heavy (non-hydrogen) atoms. The summed E-state index contributed by atoms with van der Waals surface area (Å²) in [5.41, 5.74) is 1.90. The number of aromatic nitrogens is 1. The maximum atomic E-state index is 14.5. The zero-order valence-electron chi connectivity index (χ0n) is 17.1. The van der Waals surface area contributed by atoms with E-state index < -0.39 is 0 Å². The molecule has 0 unspecified atom stereocenters. The number of nitrogens with one attached hydrogen (secondary N) is 4. The van der Waals surface area contributed by atoms with Gasteiger partial charge >= 0.3 is 0 Å². The second-order valence-electron chi connectivity index (χ2n) is 7.19. The van der Waals surface area contributed by atoms with Crippen molar-refractivity contribution in [3.05, 3.63) is 46.7 Å². The predicted octanol–water partition coefficient (Wildman–Crippen LogP) is 4.72. The van der Waals surface area contributed by atoms with Crippen LogP contribution in [0.25, 0.3) is 0 Å². The van der Waals surface area contributed by atoms with Crippen molar-refractivity contribution in [1.29, 1.82) is 0 Å². The Morgan fingerprint density at radius 2 is 2.14 bits per heavy atom. The fraction of sp³-hybridized carbons (Fsp3) is 0.476. The largest absolute Gasteiger partial charge is 0.385 e. The van der Waals surface area contributed by atoms with Gasteiger partial charge < -0.3 is 20.7 Å². The van der Waals surface area contributed by atoms with E-state index in [-0.39, 0.29) is 5.82 Å².